The Hall–Kier alpha value is -1.55. The first-order chi connectivity index (χ1) is 9.34. The lowest BCUT2D eigenvalue weighted by atomic mass is 9.92. The van der Waals surface area contributed by atoms with E-state index in [1.165, 1.54) is 0 Å². The molecule has 1 amide bonds. The summed E-state index contributed by atoms with van der Waals surface area (Å²) in [6.07, 6.45) is 2.97. The maximum atomic E-state index is 12.4. The number of rotatable bonds is 2. The van der Waals surface area contributed by atoms with Gasteiger partial charge in [-0.3, -0.25) is 4.79 Å². The van der Waals surface area contributed by atoms with Gasteiger partial charge in [0.2, 0.25) is 5.91 Å². The Morgan fingerprint density at radius 2 is 2.21 bits per heavy atom. The fraction of sp³-hybridized carbons (Fsp3) is 0.533. The zero-order valence-corrected chi connectivity index (χ0v) is 11.0. The van der Waals surface area contributed by atoms with Gasteiger partial charge in [-0.15, -0.1) is 0 Å². The highest BCUT2D eigenvalue weighted by atomic mass is 16.5. The molecule has 19 heavy (non-hydrogen) atoms. The van der Waals surface area contributed by atoms with Crippen molar-refractivity contribution in [1.82, 2.24) is 10.6 Å². The first-order valence-electron chi connectivity index (χ1n) is 7.07. The van der Waals surface area contributed by atoms with E-state index < -0.39 is 0 Å². The number of nitrogens with one attached hydrogen (secondary N) is 2. The normalized spacial score (nSPS) is 26.1. The molecule has 0 aliphatic carbocycles. The van der Waals surface area contributed by atoms with Crippen molar-refractivity contribution in [2.75, 3.05) is 19.7 Å². The molecule has 102 valence electrons. The monoisotopic (exact) mass is 260 g/mol. The molecule has 1 fully saturated rings. The van der Waals surface area contributed by atoms with Gasteiger partial charge >= 0.3 is 0 Å². The molecule has 2 N–H and O–H groups in total. The number of carbonyl (C=O) groups excluding carboxylic acids is 1. The van der Waals surface area contributed by atoms with Crippen LogP contribution >= 0.6 is 0 Å². The molecule has 1 saturated heterocycles. The summed E-state index contributed by atoms with van der Waals surface area (Å²) in [5.41, 5.74) is 1.02. The van der Waals surface area contributed by atoms with Crippen LogP contribution < -0.4 is 15.4 Å². The predicted octanol–water partition coefficient (Wildman–Crippen LogP) is 1.42. The van der Waals surface area contributed by atoms with E-state index in [0.29, 0.717) is 6.61 Å². The van der Waals surface area contributed by atoms with Crippen LogP contribution in [0.3, 0.4) is 0 Å². The van der Waals surface area contributed by atoms with Crippen LogP contribution in [0.2, 0.25) is 0 Å². The van der Waals surface area contributed by atoms with Crippen LogP contribution in [0, 0.1) is 0 Å². The summed E-state index contributed by atoms with van der Waals surface area (Å²) in [6, 6.07) is 8.13. The highest BCUT2D eigenvalue weighted by Crippen LogP contribution is 2.33. The quantitative estimate of drug-likeness (QED) is 0.845. The molecule has 0 saturated carbocycles. The summed E-state index contributed by atoms with van der Waals surface area (Å²) in [5.74, 6) is 0.937. The number of fused-ring (bicyclic) bond motifs is 1. The Balaban J connectivity index is 1.70. The maximum Gasteiger partial charge on any atom is 0.228 e. The molecular weight excluding hydrogens is 240 g/mol. The second kappa shape index (κ2) is 5.61. The molecule has 2 atom stereocenters. The van der Waals surface area contributed by atoms with Crippen LogP contribution in [0.4, 0.5) is 0 Å². The molecule has 1 aromatic rings. The van der Waals surface area contributed by atoms with Crippen LogP contribution in [-0.2, 0) is 4.79 Å². The summed E-state index contributed by atoms with van der Waals surface area (Å²) >= 11 is 0. The largest absolute Gasteiger partial charge is 0.493 e. The molecule has 2 aliphatic heterocycles. The predicted molar refractivity (Wildman–Crippen MR) is 73.3 cm³/mol. The Kier molecular flexibility index (Phi) is 3.69. The van der Waals surface area contributed by atoms with Crippen molar-refractivity contribution in [1.29, 1.82) is 0 Å². The van der Waals surface area contributed by atoms with Gasteiger partial charge in [-0.25, -0.2) is 0 Å². The Bertz CT molecular complexity index is 455. The number of carbonyl (C=O) groups is 1. The Labute approximate surface area is 113 Å². The molecule has 3 rings (SSSR count). The zero-order valence-electron chi connectivity index (χ0n) is 11.0. The third-order valence-electron chi connectivity index (χ3n) is 3.92. The van der Waals surface area contributed by atoms with Gasteiger partial charge in [-0.2, -0.15) is 0 Å². The molecule has 0 radical (unpaired) electrons. The number of amides is 1. The van der Waals surface area contributed by atoms with Gasteiger partial charge in [-0.05, 0) is 31.9 Å². The first-order valence-corrected chi connectivity index (χ1v) is 7.07. The second-order valence-corrected chi connectivity index (χ2v) is 5.28. The minimum Gasteiger partial charge on any atom is -0.493 e. The number of hydrogen-bond donors (Lipinski definition) is 2. The highest BCUT2D eigenvalue weighted by molar-refractivity contribution is 5.85. The van der Waals surface area contributed by atoms with Gasteiger partial charge in [0.05, 0.1) is 12.5 Å². The van der Waals surface area contributed by atoms with E-state index >= 15 is 0 Å². The standard InChI is InChI=1S/C15H20N2O2/c18-15(17-11-4-3-8-16-10-11)13-7-9-19-14-6-2-1-5-12(13)14/h1-2,5-6,11,13,16H,3-4,7-10H2,(H,17,18). The van der Waals surface area contributed by atoms with E-state index in [2.05, 4.69) is 10.6 Å². The summed E-state index contributed by atoms with van der Waals surface area (Å²) in [4.78, 5) is 12.4. The van der Waals surface area contributed by atoms with E-state index in [0.717, 1.165) is 43.7 Å². The van der Waals surface area contributed by atoms with E-state index in [1.54, 1.807) is 0 Å². The molecule has 4 heteroatoms. The molecule has 1 aromatic carbocycles. The van der Waals surface area contributed by atoms with Crippen LogP contribution in [0.15, 0.2) is 24.3 Å². The molecular formula is C15H20N2O2. The fourth-order valence-electron chi connectivity index (χ4n) is 2.89. The summed E-state index contributed by atoms with van der Waals surface area (Å²) in [7, 11) is 0. The van der Waals surface area contributed by atoms with Gasteiger partial charge < -0.3 is 15.4 Å². The molecule has 0 spiro atoms. The molecule has 2 heterocycles. The van der Waals surface area contributed by atoms with Gasteiger partial charge in [0.15, 0.2) is 0 Å². The van der Waals surface area contributed by atoms with Gasteiger partial charge in [0, 0.05) is 18.2 Å². The van der Waals surface area contributed by atoms with E-state index in [1.807, 2.05) is 24.3 Å². The van der Waals surface area contributed by atoms with E-state index in [9.17, 15) is 4.79 Å². The average Bonchev–Trinajstić information content (AvgIpc) is 2.47. The smallest absolute Gasteiger partial charge is 0.228 e. The van der Waals surface area contributed by atoms with Crippen LogP contribution in [0.1, 0.15) is 30.7 Å². The van der Waals surface area contributed by atoms with Crippen molar-refractivity contribution in [2.45, 2.75) is 31.2 Å². The number of ether oxygens (including phenoxy) is 1. The van der Waals surface area contributed by atoms with Gasteiger partial charge in [-0.1, -0.05) is 18.2 Å². The maximum absolute atomic E-state index is 12.4. The van der Waals surface area contributed by atoms with Crippen LogP contribution in [-0.4, -0.2) is 31.6 Å². The minimum atomic E-state index is -0.0631. The lowest BCUT2D eigenvalue weighted by Crippen LogP contribution is -2.47. The lowest BCUT2D eigenvalue weighted by Gasteiger charge is -2.29. The van der Waals surface area contributed by atoms with E-state index in [-0.39, 0.29) is 17.9 Å². The van der Waals surface area contributed by atoms with Gasteiger partial charge in [0.1, 0.15) is 5.75 Å². The summed E-state index contributed by atoms with van der Waals surface area (Å²) < 4.78 is 5.60. The highest BCUT2D eigenvalue weighted by Gasteiger charge is 2.28. The fourth-order valence-corrected chi connectivity index (χ4v) is 2.89. The van der Waals surface area contributed by atoms with Crippen molar-refractivity contribution < 1.29 is 9.53 Å². The zero-order chi connectivity index (χ0) is 13.1. The number of benzene rings is 1. The number of para-hydroxylation sites is 1. The molecule has 2 aliphatic rings. The molecule has 0 aromatic heterocycles. The summed E-state index contributed by atoms with van der Waals surface area (Å²) in [6.45, 7) is 2.57. The summed E-state index contributed by atoms with van der Waals surface area (Å²) in [5, 5.41) is 6.50. The average molecular weight is 260 g/mol. The van der Waals surface area contributed by atoms with Gasteiger partial charge in [0.25, 0.3) is 0 Å². The van der Waals surface area contributed by atoms with Crippen molar-refractivity contribution in [3.05, 3.63) is 29.8 Å². The number of hydrogen-bond acceptors (Lipinski definition) is 3. The SMILES string of the molecule is O=C(NC1CCCNC1)C1CCOc2ccccc21. The van der Waals surface area contributed by atoms with Crippen molar-refractivity contribution in [3.8, 4) is 5.75 Å². The topological polar surface area (TPSA) is 50.4 Å². The second-order valence-electron chi connectivity index (χ2n) is 5.28. The Morgan fingerprint density at radius 3 is 3.05 bits per heavy atom. The van der Waals surface area contributed by atoms with Crippen LogP contribution in [0.25, 0.3) is 0 Å². The molecule has 4 nitrogen and oxygen atoms in total. The van der Waals surface area contributed by atoms with Crippen molar-refractivity contribution in [2.24, 2.45) is 0 Å². The molecule has 2 unspecified atom stereocenters. The van der Waals surface area contributed by atoms with E-state index in [4.69, 9.17) is 4.74 Å². The lowest BCUT2D eigenvalue weighted by molar-refractivity contribution is -0.124. The Morgan fingerprint density at radius 1 is 1.32 bits per heavy atom. The first kappa shape index (κ1) is 12.5. The van der Waals surface area contributed by atoms with Crippen molar-refractivity contribution >= 4 is 5.91 Å². The number of piperidine rings is 1. The third-order valence-corrected chi connectivity index (χ3v) is 3.92. The minimum absolute atomic E-state index is 0.0631. The third kappa shape index (κ3) is 2.73. The van der Waals surface area contributed by atoms with Crippen LogP contribution in [0.5, 0.6) is 5.75 Å². The molecule has 0 bridgehead atoms. The van der Waals surface area contributed by atoms with Crippen molar-refractivity contribution in [3.63, 3.8) is 0 Å².